The molecule has 0 saturated heterocycles. The zero-order chi connectivity index (χ0) is 38.6. The minimum atomic E-state index is 0.572. The van der Waals surface area contributed by atoms with Gasteiger partial charge in [0.15, 0.2) is 17.5 Å². The molecule has 5 nitrogen and oxygen atoms in total. The Morgan fingerprint density at radius 1 is 0.414 bits per heavy atom. The smallest absolute Gasteiger partial charge is 0.164 e. The first-order valence-corrected chi connectivity index (χ1v) is 20.0. The number of hydrogen-bond acceptors (Lipinski definition) is 5. The van der Waals surface area contributed by atoms with Crippen molar-refractivity contribution in [3.8, 4) is 68.2 Å². The Bertz CT molecular complexity index is 3340. The molecule has 6 heteroatoms. The second-order valence-electron chi connectivity index (χ2n) is 14.4. The Morgan fingerprint density at radius 3 is 1.72 bits per heavy atom. The first-order chi connectivity index (χ1) is 28.7. The van der Waals surface area contributed by atoms with Crippen LogP contribution in [0.1, 0.15) is 5.56 Å². The summed E-state index contributed by atoms with van der Waals surface area (Å²) in [6.45, 7) is 0. The molecule has 0 fully saturated rings. The van der Waals surface area contributed by atoms with Crippen molar-refractivity contribution in [2.45, 2.75) is 0 Å². The fourth-order valence-electron chi connectivity index (χ4n) is 8.10. The Kier molecular flexibility index (Phi) is 7.99. The second-order valence-corrected chi connectivity index (χ2v) is 15.4. The quantitative estimate of drug-likeness (QED) is 0.169. The largest absolute Gasteiger partial charge is 0.309 e. The summed E-state index contributed by atoms with van der Waals surface area (Å²) in [6, 6.07) is 67.5. The van der Waals surface area contributed by atoms with Gasteiger partial charge in [0, 0.05) is 53.3 Å². The van der Waals surface area contributed by atoms with Gasteiger partial charge in [-0.05, 0) is 70.8 Å². The molecule has 0 aliphatic carbocycles. The van der Waals surface area contributed by atoms with Crippen LogP contribution in [-0.4, -0.2) is 19.5 Å². The second kappa shape index (κ2) is 13.8. The van der Waals surface area contributed by atoms with Crippen LogP contribution in [0.3, 0.4) is 0 Å². The summed E-state index contributed by atoms with van der Waals surface area (Å²) >= 11 is 1.85. The summed E-state index contributed by atoms with van der Waals surface area (Å²) < 4.78 is 4.94. The van der Waals surface area contributed by atoms with Gasteiger partial charge in [-0.25, -0.2) is 15.0 Å². The first-order valence-electron chi connectivity index (χ1n) is 19.2. The van der Waals surface area contributed by atoms with E-state index in [-0.39, 0.29) is 0 Å². The van der Waals surface area contributed by atoms with Crippen LogP contribution in [0.25, 0.3) is 104 Å². The van der Waals surface area contributed by atoms with Gasteiger partial charge in [-0.15, -0.1) is 11.3 Å². The Morgan fingerprint density at radius 2 is 1.00 bits per heavy atom. The average Bonchev–Trinajstić information content (AvgIpc) is 3.85. The first kappa shape index (κ1) is 33.6. The topological polar surface area (TPSA) is 67.4 Å². The number of rotatable bonds is 6. The van der Waals surface area contributed by atoms with E-state index in [1.165, 1.54) is 36.5 Å². The molecule has 270 valence electrons. The maximum atomic E-state index is 9.63. The van der Waals surface area contributed by atoms with Crippen LogP contribution in [-0.2, 0) is 0 Å². The molecular weight excluding hydrogens is 727 g/mol. The molecule has 0 spiro atoms. The summed E-state index contributed by atoms with van der Waals surface area (Å²) in [6.07, 6.45) is 0. The van der Waals surface area contributed by atoms with E-state index < -0.39 is 0 Å². The van der Waals surface area contributed by atoms with E-state index in [9.17, 15) is 5.26 Å². The lowest BCUT2D eigenvalue weighted by Crippen LogP contribution is -2.02. The van der Waals surface area contributed by atoms with E-state index in [1.54, 1.807) is 0 Å². The molecule has 11 rings (SSSR count). The lowest BCUT2D eigenvalue weighted by Gasteiger charge is -2.15. The van der Waals surface area contributed by atoms with Crippen molar-refractivity contribution < 1.29 is 0 Å². The van der Waals surface area contributed by atoms with E-state index in [2.05, 4.69) is 114 Å². The monoisotopic (exact) mass is 757 g/mol. The van der Waals surface area contributed by atoms with Gasteiger partial charge in [0.2, 0.25) is 0 Å². The van der Waals surface area contributed by atoms with Crippen LogP contribution >= 0.6 is 11.3 Å². The number of nitrogens with zero attached hydrogens (tertiary/aromatic N) is 5. The van der Waals surface area contributed by atoms with Crippen molar-refractivity contribution in [1.29, 1.82) is 5.26 Å². The molecule has 11 aromatic rings. The molecule has 58 heavy (non-hydrogen) atoms. The number of aromatic nitrogens is 4. The molecule has 8 aromatic carbocycles. The van der Waals surface area contributed by atoms with Gasteiger partial charge in [-0.2, -0.15) is 5.26 Å². The van der Waals surface area contributed by atoms with Gasteiger partial charge in [0.25, 0.3) is 0 Å². The van der Waals surface area contributed by atoms with Crippen LogP contribution < -0.4 is 0 Å². The van der Waals surface area contributed by atoms with Gasteiger partial charge in [0.1, 0.15) is 0 Å². The minimum absolute atomic E-state index is 0.572. The number of fused-ring (bicyclic) bond motifs is 6. The van der Waals surface area contributed by atoms with E-state index >= 15 is 0 Å². The minimum Gasteiger partial charge on any atom is -0.309 e. The van der Waals surface area contributed by atoms with Crippen molar-refractivity contribution in [1.82, 2.24) is 19.5 Å². The van der Waals surface area contributed by atoms with E-state index in [0.29, 0.717) is 23.0 Å². The van der Waals surface area contributed by atoms with Crippen molar-refractivity contribution >= 4 is 53.3 Å². The fraction of sp³-hybridized carbons (Fsp3) is 0. The molecule has 3 aromatic heterocycles. The lowest BCUT2D eigenvalue weighted by molar-refractivity contribution is 1.07. The molecule has 0 aliphatic heterocycles. The molecule has 0 saturated carbocycles. The highest BCUT2D eigenvalue weighted by Crippen LogP contribution is 2.42. The van der Waals surface area contributed by atoms with Crippen LogP contribution in [0, 0.1) is 11.3 Å². The molecule has 3 heterocycles. The molecule has 0 bridgehead atoms. The normalized spacial score (nSPS) is 11.4. The highest BCUT2D eigenvalue weighted by atomic mass is 32.1. The van der Waals surface area contributed by atoms with Crippen LogP contribution in [0.4, 0.5) is 0 Å². The Labute approximate surface area is 338 Å². The van der Waals surface area contributed by atoms with E-state index in [1.807, 2.05) is 96.3 Å². The van der Waals surface area contributed by atoms with Crippen molar-refractivity contribution in [3.05, 3.63) is 194 Å². The van der Waals surface area contributed by atoms with Gasteiger partial charge < -0.3 is 4.57 Å². The van der Waals surface area contributed by atoms with Crippen LogP contribution in [0.2, 0.25) is 0 Å². The molecule has 0 radical (unpaired) electrons. The van der Waals surface area contributed by atoms with Crippen molar-refractivity contribution in [2.75, 3.05) is 0 Å². The summed E-state index contributed by atoms with van der Waals surface area (Å²) in [4.78, 5) is 15.2. The molecule has 0 unspecified atom stereocenters. The van der Waals surface area contributed by atoms with Gasteiger partial charge >= 0.3 is 0 Å². The predicted octanol–water partition coefficient (Wildman–Crippen LogP) is 13.5. The molecule has 0 N–H and O–H groups in total. The standard InChI is InChI=1S/C52H31N5S/c53-32-33-22-24-34(25-23-33)38-28-39(52-55-50(35-12-3-1-4-13-35)54-51(56-52)36-14-5-2-6-15-36)30-40(29-38)57-46-20-9-7-16-42(46)43-27-26-37(31-47(43)57)41-18-11-19-45-44-17-8-10-21-48(44)58-49(41)45/h1-31H. The summed E-state index contributed by atoms with van der Waals surface area (Å²) in [5.41, 5.74) is 10.8. The summed E-state index contributed by atoms with van der Waals surface area (Å²) in [5.74, 6) is 1.78. The average molecular weight is 758 g/mol. The third kappa shape index (κ3) is 5.73. The van der Waals surface area contributed by atoms with Gasteiger partial charge in [-0.3, -0.25) is 0 Å². The molecule has 0 aliphatic rings. The third-order valence-electron chi connectivity index (χ3n) is 10.9. The van der Waals surface area contributed by atoms with E-state index in [0.717, 1.165) is 50.1 Å². The zero-order valence-corrected chi connectivity index (χ0v) is 31.9. The highest BCUT2D eigenvalue weighted by Gasteiger charge is 2.19. The van der Waals surface area contributed by atoms with Gasteiger partial charge in [-0.1, -0.05) is 140 Å². The lowest BCUT2D eigenvalue weighted by atomic mass is 10.00. The maximum Gasteiger partial charge on any atom is 0.164 e. The van der Waals surface area contributed by atoms with Gasteiger partial charge in [0.05, 0.1) is 22.7 Å². The van der Waals surface area contributed by atoms with Crippen molar-refractivity contribution in [3.63, 3.8) is 0 Å². The van der Waals surface area contributed by atoms with Crippen LogP contribution in [0.5, 0.6) is 0 Å². The molecule has 0 atom stereocenters. The van der Waals surface area contributed by atoms with Crippen molar-refractivity contribution in [2.24, 2.45) is 0 Å². The number of benzene rings is 8. The number of para-hydroxylation sites is 1. The molecule has 0 amide bonds. The zero-order valence-electron chi connectivity index (χ0n) is 31.0. The van der Waals surface area contributed by atoms with Crippen LogP contribution in [0.15, 0.2) is 188 Å². The number of thiophene rings is 1. The Balaban J connectivity index is 1.17. The highest BCUT2D eigenvalue weighted by molar-refractivity contribution is 7.26. The predicted molar refractivity (Wildman–Crippen MR) is 239 cm³/mol. The Hall–Kier alpha value is -7.72. The SMILES string of the molecule is N#Cc1ccc(-c2cc(-c3nc(-c4ccccc4)nc(-c4ccccc4)n3)cc(-n3c4ccccc4c4ccc(-c5cccc6c5sc5ccccc56)cc43)c2)cc1. The summed E-state index contributed by atoms with van der Waals surface area (Å²) in [7, 11) is 0. The molecular formula is C52H31N5S. The third-order valence-corrected chi connectivity index (χ3v) is 12.1. The number of nitriles is 1. The van der Waals surface area contributed by atoms with E-state index in [4.69, 9.17) is 15.0 Å². The maximum absolute atomic E-state index is 9.63. The number of hydrogen-bond donors (Lipinski definition) is 0. The summed E-state index contributed by atoms with van der Waals surface area (Å²) in [5, 5.41) is 14.5. The fourth-order valence-corrected chi connectivity index (χ4v) is 9.34.